The zero-order chi connectivity index (χ0) is 11.3. The van der Waals surface area contributed by atoms with Crippen molar-refractivity contribution in [2.24, 2.45) is 0 Å². The molecular weight excluding hydrogens is 266 g/mol. The Hall–Kier alpha value is -0.890. The van der Waals surface area contributed by atoms with Crippen LogP contribution < -0.4 is 0 Å². The van der Waals surface area contributed by atoms with Gasteiger partial charge in [0, 0.05) is 16.8 Å². The van der Waals surface area contributed by atoms with Crippen LogP contribution in [0.4, 0.5) is 0 Å². The second-order valence-electron chi connectivity index (χ2n) is 3.48. The zero-order valence-corrected chi connectivity index (χ0v) is 10.2. The molecule has 80 valence electrons. The molecule has 16 heavy (non-hydrogen) atoms. The minimum atomic E-state index is 0.476. The molecule has 4 heteroatoms. The second-order valence-corrected chi connectivity index (χ2v) is 4.70. The van der Waals surface area contributed by atoms with Crippen molar-refractivity contribution >= 4 is 56.7 Å². The molecule has 0 unspecified atom stereocenters. The van der Waals surface area contributed by atoms with E-state index in [9.17, 15) is 0 Å². The number of hydrogen-bond donors (Lipinski definition) is 0. The smallest absolute Gasteiger partial charge is 0.137 e. The van der Waals surface area contributed by atoms with Crippen LogP contribution in [0.25, 0.3) is 21.9 Å². The van der Waals surface area contributed by atoms with Crippen LogP contribution >= 0.6 is 34.8 Å². The Morgan fingerprint density at radius 2 is 1.56 bits per heavy atom. The molecule has 0 aliphatic rings. The first-order valence-corrected chi connectivity index (χ1v) is 5.76. The summed E-state index contributed by atoms with van der Waals surface area (Å²) in [6.45, 7) is 0. The highest BCUT2D eigenvalue weighted by Gasteiger charge is 2.11. The van der Waals surface area contributed by atoms with Crippen LogP contribution in [0.2, 0.25) is 15.1 Å². The Morgan fingerprint density at radius 1 is 0.812 bits per heavy atom. The van der Waals surface area contributed by atoms with E-state index < -0.39 is 0 Å². The molecule has 0 aliphatic carbocycles. The van der Waals surface area contributed by atoms with Crippen molar-refractivity contribution in [2.45, 2.75) is 0 Å². The van der Waals surface area contributed by atoms with Gasteiger partial charge in [-0.15, -0.1) is 0 Å². The van der Waals surface area contributed by atoms with Gasteiger partial charge in [-0.1, -0.05) is 40.9 Å². The van der Waals surface area contributed by atoms with E-state index in [4.69, 9.17) is 39.2 Å². The SMILES string of the molecule is Clc1cc2oc3cccc(Cl)c3c2cc1Cl. The molecule has 3 rings (SSSR count). The van der Waals surface area contributed by atoms with Gasteiger partial charge in [-0.05, 0) is 18.2 Å². The lowest BCUT2D eigenvalue weighted by atomic mass is 10.1. The van der Waals surface area contributed by atoms with E-state index in [-0.39, 0.29) is 0 Å². The lowest BCUT2D eigenvalue weighted by Gasteiger charge is -1.95. The lowest BCUT2D eigenvalue weighted by Crippen LogP contribution is -1.71. The van der Waals surface area contributed by atoms with Crippen molar-refractivity contribution in [3.8, 4) is 0 Å². The molecule has 0 bridgehead atoms. The first-order valence-electron chi connectivity index (χ1n) is 4.62. The summed E-state index contributed by atoms with van der Waals surface area (Å²) in [7, 11) is 0. The Kier molecular flexibility index (Phi) is 2.28. The highest BCUT2D eigenvalue weighted by Crippen LogP contribution is 2.37. The van der Waals surface area contributed by atoms with Gasteiger partial charge in [-0.3, -0.25) is 0 Å². The average Bonchev–Trinajstić information content (AvgIpc) is 2.58. The maximum atomic E-state index is 6.13. The third-order valence-corrected chi connectivity index (χ3v) is 3.52. The molecule has 1 heterocycles. The van der Waals surface area contributed by atoms with Crippen LogP contribution in [0, 0.1) is 0 Å². The van der Waals surface area contributed by atoms with Crippen LogP contribution in [0.3, 0.4) is 0 Å². The molecule has 0 atom stereocenters. The summed E-state index contributed by atoms with van der Waals surface area (Å²) in [5, 5.41) is 3.38. The Bertz CT molecular complexity index is 700. The summed E-state index contributed by atoms with van der Waals surface area (Å²) in [5.41, 5.74) is 1.43. The van der Waals surface area contributed by atoms with Gasteiger partial charge in [0.15, 0.2) is 0 Å². The van der Waals surface area contributed by atoms with E-state index in [0.717, 1.165) is 16.4 Å². The van der Waals surface area contributed by atoms with Crippen LogP contribution in [-0.2, 0) is 0 Å². The minimum absolute atomic E-state index is 0.476. The molecule has 3 aromatic rings. The minimum Gasteiger partial charge on any atom is -0.456 e. The fourth-order valence-electron chi connectivity index (χ4n) is 1.78. The van der Waals surface area contributed by atoms with Gasteiger partial charge in [-0.2, -0.15) is 0 Å². The van der Waals surface area contributed by atoms with Crippen molar-refractivity contribution in [1.29, 1.82) is 0 Å². The maximum Gasteiger partial charge on any atom is 0.137 e. The van der Waals surface area contributed by atoms with Crippen LogP contribution in [0.1, 0.15) is 0 Å². The van der Waals surface area contributed by atoms with Gasteiger partial charge >= 0.3 is 0 Å². The van der Waals surface area contributed by atoms with Crippen LogP contribution in [-0.4, -0.2) is 0 Å². The summed E-state index contributed by atoms with van der Waals surface area (Å²) in [6.07, 6.45) is 0. The third-order valence-electron chi connectivity index (χ3n) is 2.49. The molecule has 2 aromatic carbocycles. The van der Waals surface area contributed by atoms with Crippen molar-refractivity contribution < 1.29 is 4.42 Å². The van der Waals surface area contributed by atoms with Crippen LogP contribution in [0.5, 0.6) is 0 Å². The van der Waals surface area contributed by atoms with Gasteiger partial charge in [0.2, 0.25) is 0 Å². The van der Waals surface area contributed by atoms with Crippen molar-refractivity contribution in [3.63, 3.8) is 0 Å². The highest BCUT2D eigenvalue weighted by molar-refractivity contribution is 6.43. The molecule has 1 nitrogen and oxygen atoms in total. The molecule has 0 aliphatic heterocycles. The van der Waals surface area contributed by atoms with Gasteiger partial charge in [-0.25, -0.2) is 0 Å². The third kappa shape index (κ3) is 1.40. The molecule has 0 N–H and O–H groups in total. The topological polar surface area (TPSA) is 13.1 Å². The molecule has 0 radical (unpaired) electrons. The van der Waals surface area contributed by atoms with Gasteiger partial charge in [0.1, 0.15) is 11.2 Å². The van der Waals surface area contributed by atoms with Gasteiger partial charge in [0.05, 0.1) is 15.1 Å². The molecular formula is C12H5Cl3O. The summed E-state index contributed by atoms with van der Waals surface area (Å²) in [6, 6.07) is 9.01. The van der Waals surface area contributed by atoms with Gasteiger partial charge in [0.25, 0.3) is 0 Å². The molecule has 0 saturated carbocycles. The fourth-order valence-corrected chi connectivity index (χ4v) is 2.36. The largest absolute Gasteiger partial charge is 0.456 e. The van der Waals surface area contributed by atoms with Crippen molar-refractivity contribution in [3.05, 3.63) is 45.4 Å². The van der Waals surface area contributed by atoms with E-state index in [1.165, 1.54) is 0 Å². The summed E-state index contributed by atoms with van der Waals surface area (Å²) >= 11 is 18.0. The first kappa shape index (κ1) is 10.3. The fraction of sp³-hybridized carbons (Fsp3) is 0. The predicted molar refractivity (Wildman–Crippen MR) is 68.8 cm³/mol. The quantitative estimate of drug-likeness (QED) is 0.523. The molecule has 0 fully saturated rings. The zero-order valence-electron chi connectivity index (χ0n) is 7.93. The Morgan fingerprint density at radius 3 is 2.38 bits per heavy atom. The van der Waals surface area contributed by atoms with E-state index in [1.54, 1.807) is 12.1 Å². The monoisotopic (exact) mass is 270 g/mol. The summed E-state index contributed by atoms with van der Waals surface area (Å²) in [4.78, 5) is 0. The number of fused-ring (bicyclic) bond motifs is 3. The number of benzene rings is 2. The molecule has 1 aromatic heterocycles. The highest BCUT2D eigenvalue weighted by atomic mass is 35.5. The number of rotatable bonds is 0. The molecule has 0 amide bonds. The van der Waals surface area contributed by atoms with E-state index in [2.05, 4.69) is 0 Å². The van der Waals surface area contributed by atoms with Gasteiger partial charge < -0.3 is 4.42 Å². The van der Waals surface area contributed by atoms with E-state index in [0.29, 0.717) is 20.7 Å². The maximum absolute atomic E-state index is 6.13. The lowest BCUT2D eigenvalue weighted by molar-refractivity contribution is 0.669. The summed E-state index contributed by atoms with van der Waals surface area (Å²) in [5.74, 6) is 0. The van der Waals surface area contributed by atoms with Crippen LogP contribution in [0.15, 0.2) is 34.7 Å². The molecule has 0 spiro atoms. The van der Waals surface area contributed by atoms with Crippen molar-refractivity contribution in [2.75, 3.05) is 0 Å². The normalized spacial score (nSPS) is 11.4. The molecule has 0 saturated heterocycles. The van der Waals surface area contributed by atoms with E-state index in [1.807, 2.05) is 18.2 Å². The number of hydrogen-bond acceptors (Lipinski definition) is 1. The number of halogens is 3. The first-order chi connectivity index (χ1) is 7.66. The van der Waals surface area contributed by atoms with Crippen molar-refractivity contribution in [1.82, 2.24) is 0 Å². The Balaban J connectivity index is 2.58. The standard InChI is InChI=1S/C12H5Cl3O/c13-7-2-1-3-10-12(7)6-4-8(14)9(15)5-11(6)16-10/h1-5H. The predicted octanol–water partition coefficient (Wildman–Crippen LogP) is 5.55. The summed E-state index contributed by atoms with van der Waals surface area (Å²) < 4.78 is 5.64. The average molecular weight is 272 g/mol. The second kappa shape index (κ2) is 3.56. The Labute approximate surface area is 106 Å². The number of furan rings is 1. The van der Waals surface area contributed by atoms with E-state index >= 15 is 0 Å².